The number of nitrogens with one attached hydrogen (secondary N) is 3. The van der Waals surface area contributed by atoms with E-state index in [1.54, 1.807) is 25.2 Å². The van der Waals surface area contributed by atoms with Gasteiger partial charge >= 0.3 is 6.09 Å². The highest BCUT2D eigenvalue weighted by atomic mass is 32.2. The van der Waals surface area contributed by atoms with Crippen LogP contribution in [0.5, 0.6) is 28.7 Å². The number of hydrogen-bond acceptors (Lipinski definition) is 13. The molecule has 1 unspecified atom stereocenters. The summed E-state index contributed by atoms with van der Waals surface area (Å²) >= 11 is 1.41. The number of likely N-dealkylation sites (tertiary alicyclic amines) is 1. The molecule has 1 atom stereocenters. The first-order valence-electron chi connectivity index (χ1n) is 17.0. The summed E-state index contributed by atoms with van der Waals surface area (Å²) in [5, 5.41) is 13.7. The Labute approximate surface area is 320 Å². The number of likely N-dealkylation sites (N-methyl/N-ethyl adjacent to an activating group) is 1. The summed E-state index contributed by atoms with van der Waals surface area (Å²) in [6, 6.07) is 7.65. The monoisotopic (exact) mass is 791 g/mol. The summed E-state index contributed by atoms with van der Waals surface area (Å²) in [4.78, 5) is 52.9. The van der Waals surface area contributed by atoms with Gasteiger partial charge in [0.05, 0.1) is 50.8 Å². The molecule has 296 valence electrons. The maximum atomic E-state index is 13.1. The van der Waals surface area contributed by atoms with Crippen LogP contribution in [0.15, 0.2) is 35.7 Å². The SMILES string of the molecule is CNC(=N)CCCSC1CC(=O)N(CCCC(=O)NCCN(C)C(=O)Oc2cc(CS(=O)(=O)/C=C/c3c(OC)cc(OC)cc3OC)ccc2OC)C1=O. The average Bonchev–Trinajstić information content (AvgIpc) is 3.42. The van der Waals surface area contributed by atoms with Crippen molar-refractivity contribution in [3.05, 3.63) is 46.9 Å². The molecular formula is C36H49N5O11S2. The van der Waals surface area contributed by atoms with Crippen molar-refractivity contribution in [3.8, 4) is 28.7 Å². The van der Waals surface area contributed by atoms with Gasteiger partial charge in [0.15, 0.2) is 21.3 Å². The number of hydrogen-bond donors (Lipinski definition) is 3. The number of carbonyl (C=O) groups excluding carboxylic acids is 4. The second kappa shape index (κ2) is 21.1. The highest BCUT2D eigenvalue weighted by Gasteiger charge is 2.38. The van der Waals surface area contributed by atoms with E-state index in [1.165, 1.54) is 75.3 Å². The zero-order valence-corrected chi connectivity index (χ0v) is 33.0. The fraction of sp³-hybridized carbons (Fsp3) is 0.472. The van der Waals surface area contributed by atoms with Crippen molar-refractivity contribution >= 4 is 57.3 Å². The molecule has 1 aliphatic rings. The average molecular weight is 792 g/mol. The van der Waals surface area contributed by atoms with Crippen LogP contribution < -0.4 is 34.3 Å². The van der Waals surface area contributed by atoms with Crippen LogP contribution in [0.25, 0.3) is 6.08 Å². The summed E-state index contributed by atoms with van der Waals surface area (Å²) in [5.41, 5.74) is 0.739. The number of thioether (sulfide) groups is 1. The van der Waals surface area contributed by atoms with E-state index in [2.05, 4.69) is 10.6 Å². The van der Waals surface area contributed by atoms with Gasteiger partial charge < -0.3 is 39.2 Å². The third-order valence-electron chi connectivity index (χ3n) is 8.25. The molecule has 2 aromatic rings. The standard InChI is InChI=1S/C36H49N5O11S2/c1-38-32(37)9-8-17-53-31-22-34(43)41(35(31)44)15-7-10-33(42)39-14-16-40(2)36(45)52-30-19-24(11-12-27(30)49-4)23-54(46,47)18-13-26-28(50-5)20-25(48-3)21-29(26)51-6/h11-13,18-21,31H,7-10,14-17,22-23H2,1-6H3,(H2,37,38)(H,39,42)/b18-13+. The van der Waals surface area contributed by atoms with Gasteiger partial charge in [-0.1, -0.05) is 6.07 Å². The Kier molecular flexibility index (Phi) is 16.9. The molecule has 3 rings (SSSR count). The minimum atomic E-state index is -3.83. The van der Waals surface area contributed by atoms with Gasteiger partial charge in [-0.2, -0.15) is 0 Å². The Morgan fingerprint density at radius 3 is 2.30 bits per heavy atom. The third kappa shape index (κ3) is 12.9. The molecule has 0 aliphatic carbocycles. The summed E-state index contributed by atoms with van der Waals surface area (Å²) in [6.07, 6.45) is 2.42. The number of amides is 4. The van der Waals surface area contributed by atoms with Crippen LogP contribution >= 0.6 is 11.8 Å². The predicted octanol–water partition coefficient (Wildman–Crippen LogP) is 3.47. The molecule has 0 bridgehead atoms. The van der Waals surface area contributed by atoms with E-state index in [0.717, 1.165) is 11.8 Å². The van der Waals surface area contributed by atoms with Gasteiger partial charge in [-0.3, -0.25) is 24.7 Å². The quantitative estimate of drug-likeness (QED) is 0.0719. The molecule has 1 saturated heterocycles. The minimum absolute atomic E-state index is 0.00880. The molecule has 1 fully saturated rings. The van der Waals surface area contributed by atoms with E-state index in [-0.39, 0.29) is 61.7 Å². The largest absolute Gasteiger partial charge is 0.496 e. The molecule has 0 radical (unpaired) electrons. The topological polar surface area (TPSA) is 203 Å². The van der Waals surface area contributed by atoms with Crippen molar-refractivity contribution in [2.45, 2.75) is 43.1 Å². The van der Waals surface area contributed by atoms with E-state index in [4.69, 9.17) is 29.1 Å². The van der Waals surface area contributed by atoms with Crippen LogP contribution in [-0.4, -0.2) is 121 Å². The Morgan fingerprint density at radius 1 is 0.981 bits per heavy atom. The number of nitrogens with zero attached hydrogens (tertiary/aromatic N) is 2. The lowest BCUT2D eigenvalue weighted by atomic mass is 10.1. The van der Waals surface area contributed by atoms with Crippen molar-refractivity contribution in [2.24, 2.45) is 0 Å². The Bertz CT molecular complexity index is 1780. The zero-order valence-electron chi connectivity index (χ0n) is 31.4. The Balaban J connectivity index is 1.48. The second-order valence-corrected chi connectivity index (χ2v) is 15.3. The van der Waals surface area contributed by atoms with Gasteiger partial charge in [-0.25, -0.2) is 13.2 Å². The van der Waals surface area contributed by atoms with Crippen LogP contribution in [-0.2, 0) is 30.0 Å². The van der Waals surface area contributed by atoms with Gasteiger partial charge in [0.2, 0.25) is 17.7 Å². The number of methoxy groups -OCH3 is 4. The summed E-state index contributed by atoms with van der Waals surface area (Å²) in [6.45, 7) is 0.352. The molecule has 54 heavy (non-hydrogen) atoms. The molecular weight excluding hydrogens is 743 g/mol. The van der Waals surface area contributed by atoms with Crippen molar-refractivity contribution in [1.29, 1.82) is 5.41 Å². The molecule has 3 N–H and O–H groups in total. The van der Waals surface area contributed by atoms with Gasteiger partial charge in [0, 0.05) is 70.5 Å². The second-order valence-electron chi connectivity index (χ2n) is 12.1. The lowest BCUT2D eigenvalue weighted by Gasteiger charge is -2.18. The summed E-state index contributed by atoms with van der Waals surface area (Å²) in [7, 11) is 5.10. The van der Waals surface area contributed by atoms with Gasteiger partial charge in [0.1, 0.15) is 17.2 Å². The van der Waals surface area contributed by atoms with Crippen LogP contribution in [0, 0.1) is 5.41 Å². The predicted molar refractivity (Wildman–Crippen MR) is 205 cm³/mol. The number of amidine groups is 1. The Hall–Kier alpha value is -4.97. The molecule has 0 spiro atoms. The first kappa shape index (κ1) is 43.4. The molecule has 0 saturated carbocycles. The molecule has 1 heterocycles. The number of carbonyl (C=O) groups is 4. The molecule has 16 nitrogen and oxygen atoms in total. The molecule has 0 aromatic heterocycles. The highest BCUT2D eigenvalue weighted by Crippen LogP contribution is 2.36. The lowest BCUT2D eigenvalue weighted by molar-refractivity contribution is -0.138. The van der Waals surface area contributed by atoms with E-state index < -0.39 is 26.9 Å². The number of rotatable bonds is 21. The van der Waals surface area contributed by atoms with E-state index in [9.17, 15) is 27.6 Å². The zero-order chi connectivity index (χ0) is 39.8. The number of benzene rings is 2. The van der Waals surface area contributed by atoms with E-state index in [1.807, 2.05) is 0 Å². The maximum Gasteiger partial charge on any atom is 0.415 e. The molecule has 18 heteroatoms. The van der Waals surface area contributed by atoms with Crippen LogP contribution in [0.4, 0.5) is 4.79 Å². The van der Waals surface area contributed by atoms with Crippen LogP contribution in [0.1, 0.15) is 43.2 Å². The van der Waals surface area contributed by atoms with E-state index >= 15 is 0 Å². The fourth-order valence-corrected chi connectivity index (χ4v) is 7.48. The Morgan fingerprint density at radius 2 is 1.67 bits per heavy atom. The van der Waals surface area contributed by atoms with Crippen molar-refractivity contribution in [2.75, 3.05) is 67.9 Å². The highest BCUT2D eigenvalue weighted by molar-refractivity contribution is 8.00. The molecule has 4 amide bonds. The minimum Gasteiger partial charge on any atom is -0.496 e. The smallest absolute Gasteiger partial charge is 0.415 e. The molecule has 2 aromatic carbocycles. The number of ether oxygens (including phenoxy) is 5. The van der Waals surface area contributed by atoms with Gasteiger partial charge in [-0.05, 0) is 42.4 Å². The summed E-state index contributed by atoms with van der Waals surface area (Å²) < 4.78 is 53.0. The maximum absolute atomic E-state index is 13.1. The molecule has 1 aliphatic heterocycles. The number of sulfone groups is 1. The fourth-order valence-electron chi connectivity index (χ4n) is 5.27. The normalized spacial score (nSPS) is 14.2. The van der Waals surface area contributed by atoms with Crippen molar-refractivity contribution in [1.82, 2.24) is 20.4 Å². The van der Waals surface area contributed by atoms with Crippen LogP contribution in [0.3, 0.4) is 0 Å². The van der Waals surface area contributed by atoms with Crippen molar-refractivity contribution < 1.29 is 51.3 Å². The van der Waals surface area contributed by atoms with Crippen molar-refractivity contribution in [3.63, 3.8) is 0 Å². The first-order chi connectivity index (χ1) is 25.7. The third-order valence-corrected chi connectivity index (χ3v) is 10.8. The first-order valence-corrected chi connectivity index (χ1v) is 19.8. The summed E-state index contributed by atoms with van der Waals surface area (Å²) in [5.74, 6) is 1.26. The number of imide groups is 1. The van der Waals surface area contributed by atoms with Crippen LogP contribution in [0.2, 0.25) is 0 Å². The lowest BCUT2D eigenvalue weighted by Crippen LogP contribution is -2.38. The van der Waals surface area contributed by atoms with E-state index in [0.29, 0.717) is 52.8 Å². The van der Waals surface area contributed by atoms with Gasteiger partial charge in [0.25, 0.3) is 0 Å². The van der Waals surface area contributed by atoms with Gasteiger partial charge in [-0.15, -0.1) is 11.8 Å².